The fraction of sp³-hybridized carbons (Fsp3) is 0.250. The van der Waals surface area contributed by atoms with E-state index in [4.69, 9.17) is 0 Å². The van der Waals surface area contributed by atoms with Crippen LogP contribution in [-0.2, 0) is 4.79 Å². The molecule has 0 aliphatic heterocycles. The van der Waals surface area contributed by atoms with Crippen LogP contribution < -0.4 is 16.2 Å². The van der Waals surface area contributed by atoms with Crippen LogP contribution in [0.15, 0.2) is 54.6 Å². The number of hydrogen-bond donors (Lipinski definition) is 3. The van der Waals surface area contributed by atoms with E-state index in [1.807, 2.05) is 63.2 Å². The van der Waals surface area contributed by atoms with Crippen LogP contribution in [0.4, 0.5) is 0 Å². The number of amides is 3. The molecule has 1 atom stereocenters. The van der Waals surface area contributed by atoms with Gasteiger partial charge in [-0.2, -0.15) is 0 Å². The number of benzene rings is 2. The topological polar surface area (TPSA) is 100 Å². The Hall–Kier alpha value is -3.52. The van der Waals surface area contributed by atoms with Crippen LogP contribution in [0.1, 0.15) is 45.1 Å². The molecule has 1 unspecified atom stereocenters. The number of aryl methyl sites for hydroxylation is 2. The second-order valence-electron chi connectivity index (χ2n) is 7.75. The van der Waals surface area contributed by atoms with Gasteiger partial charge in [0.15, 0.2) is 0 Å². The Morgan fingerprint density at radius 3 is 2.19 bits per heavy atom. The lowest BCUT2D eigenvalue weighted by Crippen LogP contribution is -2.54. The molecule has 0 fully saturated rings. The van der Waals surface area contributed by atoms with Crippen molar-refractivity contribution in [1.82, 2.24) is 21.2 Å². The smallest absolute Gasteiger partial charge is 0.281 e. The van der Waals surface area contributed by atoms with E-state index in [-0.39, 0.29) is 11.8 Å². The zero-order valence-electron chi connectivity index (χ0n) is 18.4. The van der Waals surface area contributed by atoms with Crippen LogP contribution in [0.5, 0.6) is 0 Å². The van der Waals surface area contributed by atoms with Gasteiger partial charge in [0.25, 0.3) is 17.7 Å². The second kappa shape index (κ2) is 10.2. The van der Waals surface area contributed by atoms with Crippen molar-refractivity contribution in [3.8, 4) is 10.6 Å². The molecule has 3 N–H and O–H groups in total. The summed E-state index contributed by atoms with van der Waals surface area (Å²) in [7, 11) is 0. The Morgan fingerprint density at radius 1 is 0.875 bits per heavy atom. The normalized spacial score (nSPS) is 11.7. The number of thiazole rings is 1. The van der Waals surface area contributed by atoms with Crippen LogP contribution in [-0.4, -0.2) is 28.7 Å². The fourth-order valence-electron chi connectivity index (χ4n) is 3.15. The van der Waals surface area contributed by atoms with Crippen molar-refractivity contribution in [3.05, 3.63) is 76.3 Å². The Bertz CT molecular complexity index is 1130. The minimum Gasteiger partial charge on any atom is -0.340 e. The van der Waals surface area contributed by atoms with Crippen LogP contribution >= 0.6 is 11.3 Å². The van der Waals surface area contributed by atoms with Gasteiger partial charge in [-0.05, 0) is 31.4 Å². The van der Waals surface area contributed by atoms with Crippen molar-refractivity contribution in [3.63, 3.8) is 0 Å². The second-order valence-corrected chi connectivity index (χ2v) is 8.75. The lowest BCUT2D eigenvalue weighted by molar-refractivity contribution is -0.124. The average molecular weight is 451 g/mol. The maximum Gasteiger partial charge on any atom is 0.281 e. The highest BCUT2D eigenvalue weighted by Crippen LogP contribution is 2.27. The maximum absolute atomic E-state index is 12.7. The quantitative estimate of drug-likeness (QED) is 0.499. The summed E-state index contributed by atoms with van der Waals surface area (Å²) < 4.78 is 0. The molecule has 1 heterocycles. The Balaban J connectivity index is 1.65. The molecule has 166 valence electrons. The number of carbonyl (C=O) groups excluding carboxylic acids is 3. The molecular weight excluding hydrogens is 424 g/mol. The summed E-state index contributed by atoms with van der Waals surface area (Å²) in [5.41, 5.74) is 7.70. The third kappa shape index (κ3) is 5.39. The van der Waals surface area contributed by atoms with Gasteiger partial charge < -0.3 is 5.32 Å². The summed E-state index contributed by atoms with van der Waals surface area (Å²) in [5.74, 6) is -1.48. The summed E-state index contributed by atoms with van der Waals surface area (Å²) in [6, 6.07) is 15.9. The first kappa shape index (κ1) is 23.1. The number of carbonyl (C=O) groups is 3. The van der Waals surface area contributed by atoms with Gasteiger partial charge >= 0.3 is 0 Å². The van der Waals surface area contributed by atoms with E-state index in [9.17, 15) is 14.4 Å². The zero-order valence-corrected chi connectivity index (χ0v) is 19.2. The van der Waals surface area contributed by atoms with Crippen LogP contribution in [0.25, 0.3) is 10.6 Å². The Labute approximate surface area is 191 Å². The largest absolute Gasteiger partial charge is 0.340 e. The lowest BCUT2D eigenvalue weighted by Gasteiger charge is -2.22. The third-order valence-corrected chi connectivity index (χ3v) is 6.15. The molecule has 2 aromatic carbocycles. The van der Waals surface area contributed by atoms with Gasteiger partial charge in [0, 0.05) is 11.1 Å². The van der Waals surface area contributed by atoms with Crippen LogP contribution in [0.2, 0.25) is 0 Å². The Kier molecular flexibility index (Phi) is 7.37. The van der Waals surface area contributed by atoms with Gasteiger partial charge in [0.05, 0.1) is 5.69 Å². The first-order valence-electron chi connectivity index (χ1n) is 10.3. The molecule has 1 aromatic heterocycles. The number of aromatic nitrogens is 1. The molecule has 3 aromatic rings. The molecule has 7 nitrogen and oxygen atoms in total. The highest BCUT2D eigenvalue weighted by molar-refractivity contribution is 7.17. The molecule has 0 aliphatic carbocycles. The molecule has 8 heteroatoms. The van der Waals surface area contributed by atoms with Crippen LogP contribution in [0.3, 0.4) is 0 Å². The molecule has 0 saturated carbocycles. The molecule has 0 radical (unpaired) electrons. The summed E-state index contributed by atoms with van der Waals surface area (Å²) in [5, 5.41) is 3.49. The van der Waals surface area contributed by atoms with Gasteiger partial charge in [-0.1, -0.05) is 62.4 Å². The van der Waals surface area contributed by atoms with Crippen molar-refractivity contribution in [2.75, 3.05) is 0 Å². The van der Waals surface area contributed by atoms with E-state index in [0.29, 0.717) is 16.1 Å². The summed E-state index contributed by atoms with van der Waals surface area (Å²) >= 11 is 1.25. The van der Waals surface area contributed by atoms with Crippen molar-refractivity contribution >= 4 is 29.1 Å². The van der Waals surface area contributed by atoms with Crippen molar-refractivity contribution in [2.45, 2.75) is 33.7 Å². The summed E-state index contributed by atoms with van der Waals surface area (Å²) in [6.07, 6.45) is 0. The van der Waals surface area contributed by atoms with Gasteiger partial charge in [-0.15, -0.1) is 11.3 Å². The molecule has 0 spiro atoms. The SMILES string of the molecule is Cc1ccccc1C(=O)NC(C(=O)NNC(=O)c1sc(-c2ccccc2)nc1C)C(C)C. The van der Waals surface area contributed by atoms with Crippen molar-refractivity contribution in [1.29, 1.82) is 0 Å². The predicted octanol–water partition coefficient (Wildman–Crippen LogP) is 3.64. The summed E-state index contributed by atoms with van der Waals surface area (Å²) in [6.45, 7) is 7.23. The average Bonchev–Trinajstić information content (AvgIpc) is 3.18. The van der Waals surface area contributed by atoms with Gasteiger partial charge in [-0.25, -0.2) is 4.98 Å². The number of rotatable bonds is 6. The van der Waals surface area contributed by atoms with E-state index < -0.39 is 17.9 Å². The van der Waals surface area contributed by atoms with E-state index in [1.54, 1.807) is 19.1 Å². The monoisotopic (exact) mass is 450 g/mol. The van der Waals surface area contributed by atoms with E-state index in [1.165, 1.54) is 11.3 Å². The Morgan fingerprint density at radius 2 is 1.53 bits per heavy atom. The molecule has 0 bridgehead atoms. The standard InChI is InChI=1S/C24H26N4O3S/c1-14(2)19(26-21(29)18-13-9-8-10-15(18)3)22(30)27-28-23(31)20-16(4)25-24(32-20)17-11-6-5-7-12-17/h5-14,19H,1-4H3,(H,26,29)(H,27,30)(H,28,31). The zero-order chi connectivity index (χ0) is 23.3. The molecular formula is C24H26N4O3S. The first-order chi connectivity index (χ1) is 15.3. The van der Waals surface area contributed by atoms with Gasteiger partial charge in [-0.3, -0.25) is 25.2 Å². The highest BCUT2D eigenvalue weighted by Gasteiger charge is 2.26. The lowest BCUT2D eigenvalue weighted by atomic mass is 10.0. The molecule has 3 rings (SSSR count). The highest BCUT2D eigenvalue weighted by atomic mass is 32.1. The molecule has 0 saturated heterocycles. The maximum atomic E-state index is 12.7. The van der Waals surface area contributed by atoms with E-state index in [2.05, 4.69) is 21.2 Å². The summed E-state index contributed by atoms with van der Waals surface area (Å²) in [4.78, 5) is 42.9. The minimum absolute atomic E-state index is 0.185. The fourth-order valence-corrected chi connectivity index (χ4v) is 4.11. The number of hydrogen-bond acceptors (Lipinski definition) is 5. The van der Waals surface area contributed by atoms with Crippen LogP contribution in [0, 0.1) is 19.8 Å². The van der Waals surface area contributed by atoms with E-state index >= 15 is 0 Å². The number of nitrogens with one attached hydrogen (secondary N) is 3. The molecule has 32 heavy (non-hydrogen) atoms. The number of nitrogens with zero attached hydrogens (tertiary/aromatic N) is 1. The van der Waals surface area contributed by atoms with Crippen molar-refractivity contribution < 1.29 is 14.4 Å². The number of hydrazine groups is 1. The van der Waals surface area contributed by atoms with Gasteiger partial charge in [0.1, 0.15) is 15.9 Å². The molecule has 0 aliphatic rings. The molecule has 3 amide bonds. The minimum atomic E-state index is -0.815. The third-order valence-electron chi connectivity index (χ3n) is 4.95. The van der Waals surface area contributed by atoms with Crippen molar-refractivity contribution in [2.24, 2.45) is 5.92 Å². The van der Waals surface area contributed by atoms with Gasteiger partial charge in [0.2, 0.25) is 0 Å². The first-order valence-corrected chi connectivity index (χ1v) is 11.1. The predicted molar refractivity (Wildman–Crippen MR) is 125 cm³/mol. The van der Waals surface area contributed by atoms with E-state index in [0.717, 1.165) is 16.1 Å².